The molecule has 1 aliphatic rings. The highest BCUT2D eigenvalue weighted by Crippen LogP contribution is 2.38. The number of benzene rings is 2. The second kappa shape index (κ2) is 9.92. The van der Waals surface area contributed by atoms with Crippen molar-refractivity contribution < 1.29 is 31.9 Å². The summed E-state index contributed by atoms with van der Waals surface area (Å²) in [7, 11) is 0. The zero-order chi connectivity index (χ0) is 24.3. The zero-order valence-corrected chi connectivity index (χ0v) is 19.0. The van der Waals surface area contributed by atoms with Crippen molar-refractivity contribution >= 4 is 22.9 Å². The summed E-state index contributed by atoms with van der Waals surface area (Å²) < 4.78 is 52.3. The van der Waals surface area contributed by atoms with Gasteiger partial charge in [-0.15, -0.1) is 0 Å². The largest absolute Gasteiger partial charge is 0.487 e. The van der Waals surface area contributed by atoms with Crippen LogP contribution in [0, 0.1) is 6.92 Å². The Hall–Kier alpha value is -3.27. The zero-order valence-electron chi connectivity index (χ0n) is 18.1. The Morgan fingerprint density at radius 1 is 1.15 bits per heavy atom. The first kappa shape index (κ1) is 23.9. The number of imide groups is 1. The molecule has 1 N–H and O–H groups in total. The van der Waals surface area contributed by atoms with Gasteiger partial charge in [-0.25, -0.2) is 4.98 Å². The van der Waals surface area contributed by atoms with E-state index in [-0.39, 0.29) is 18.3 Å². The Bertz CT molecular complexity index is 1190. The Kier molecular flexibility index (Phi) is 6.97. The summed E-state index contributed by atoms with van der Waals surface area (Å²) in [5.74, 6) is 0.194. The van der Waals surface area contributed by atoms with Gasteiger partial charge in [0.15, 0.2) is 0 Å². The molecule has 4 rings (SSSR count). The first-order chi connectivity index (χ1) is 16.2. The van der Waals surface area contributed by atoms with Crippen molar-refractivity contribution in [3.05, 3.63) is 71.1 Å². The SMILES string of the molecule is Cc1oc(-c2ccccc2)nc1COc1ccc(CCCC2SC(=O)NC2=O)cc1C(F)(F)F. The summed E-state index contributed by atoms with van der Waals surface area (Å²) in [4.78, 5) is 27.2. The van der Waals surface area contributed by atoms with E-state index in [1.54, 1.807) is 13.0 Å². The van der Waals surface area contributed by atoms with Gasteiger partial charge in [0.1, 0.15) is 23.8 Å². The van der Waals surface area contributed by atoms with Crippen LogP contribution in [0.1, 0.15) is 35.4 Å². The molecule has 2 aromatic carbocycles. The number of hydrogen-bond acceptors (Lipinski definition) is 6. The highest BCUT2D eigenvalue weighted by molar-refractivity contribution is 8.15. The number of hydrogen-bond donors (Lipinski definition) is 1. The van der Waals surface area contributed by atoms with Crippen molar-refractivity contribution in [1.82, 2.24) is 10.3 Å². The molecule has 0 saturated carbocycles. The molecule has 178 valence electrons. The number of aromatic nitrogens is 1. The number of oxazole rings is 1. The van der Waals surface area contributed by atoms with Crippen LogP contribution < -0.4 is 10.1 Å². The van der Waals surface area contributed by atoms with Crippen LogP contribution in [0.3, 0.4) is 0 Å². The number of ether oxygens (including phenoxy) is 1. The predicted octanol–water partition coefficient (Wildman–Crippen LogP) is 5.92. The lowest BCUT2D eigenvalue weighted by atomic mass is 10.0. The van der Waals surface area contributed by atoms with Gasteiger partial charge in [0.05, 0.1) is 10.8 Å². The minimum atomic E-state index is -4.60. The topological polar surface area (TPSA) is 81.4 Å². The Morgan fingerprint density at radius 3 is 2.59 bits per heavy atom. The van der Waals surface area contributed by atoms with Gasteiger partial charge in [-0.3, -0.25) is 14.9 Å². The molecule has 1 atom stereocenters. The molecule has 1 saturated heterocycles. The van der Waals surface area contributed by atoms with Gasteiger partial charge in [-0.05, 0) is 56.0 Å². The van der Waals surface area contributed by atoms with Crippen LogP contribution in [-0.2, 0) is 24.0 Å². The fraction of sp³-hybridized carbons (Fsp3) is 0.292. The fourth-order valence-electron chi connectivity index (χ4n) is 3.57. The molecule has 0 bridgehead atoms. The third kappa shape index (κ3) is 5.61. The van der Waals surface area contributed by atoms with E-state index in [0.29, 0.717) is 42.2 Å². The number of halogens is 3. The molecule has 3 aromatic rings. The molecule has 6 nitrogen and oxygen atoms in total. The van der Waals surface area contributed by atoms with Crippen molar-refractivity contribution in [1.29, 1.82) is 0 Å². The smallest absolute Gasteiger partial charge is 0.419 e. The lowest BCUT2D eigenvalue weighted by molar-refractivity contribution is -0.139. The van der Waals surface area contributed by atoms with E-state index in [0.717, 1.165) is 23.4 Å². The molecule has 1 unspecified atom stereocenters. The molecule has 34 heavy (non-hydrogen) atoms. The summed E-state index contributed by atoms with van der Waals surface area (Å²) in [6.07, 6.45) is -3.40. The van der Waals surface area contributed by atoms with Crippen molar-refractivity contribution in [3.63, 3.8) is 0 Å². The number of alkyl halides is 3. The fourth-order valence-corrected chi connectivity index (χ4v) is 4.44. The van der Waals surface area contributed by atoms with E-state index in [4.69, 9.17) is 9.15 Å². The van der Waals surface area contributed by atoms with Crippen LogP contribution in [0.2, 0.25) is 0 Å². The van der Waals surface area contributed by atoms with Crippen LogP contribution in [0.25, 0.3) is 11.5 Å². The number of amides is 2. The van der Waals surface area contributed by atoms with E-state index in [2.05, 4.69) is 10.3 Å². The van der Waals surface area contributed by atoms with Crippen LogP contribution in [-0.4, -0.2) is 21.4 Å². The number of carbonyl (C=O) groups is 2. The normalized spacial score (nSPS) is 16.1. The third-order valence-corrected chi connectivity index (χ3v) is 6.38. The Balaban J connectivity index is 1.43. The minimum absolute atomic E-state index is 0.174. The summed E-state index contributed by atoms with van der Waals surface area (Å²) in [6, 6.07) is 13.1. The van der Waals surface area contributed by atoms with Gasteiger partial charge in [0, 0.05) is 5.56 Å². The van der Waals surface area contributed by atoms with Crippen molar-refractivity contribution in [2.75, 3.05) is 0 Å². The highest BCUT2D eigenvalue weighted by Gasteiger charge is 2.35. The number of rotatable bonds is 8. The summed E-state index contributed by atoms with van der Waals surface area (Å²) in [5, 5.41) is 1.31. The second-order valence-electron chi connectivity index (χ2n) is 7.78. The summed E-state index contributed by atoms with van der Waals surface area (Å²) >= 11 is 0.911. The van der Waals surface area contributed by atoms with E-state index in [9.17, 15) is 22.8 Å². The number of carbonyl (C=O) groups excluding carboxylic acids is 2. The Labute approximate surface area is 197 Å². The molecular formula is C24H21F3N2O4S. The van der Waals surface area contributed by atoms with E-state index in [1.807, 2.05) is 30.3 Å². The quantitative estimate of drug-likeness (QED) is 0.422. The molecule has 10 heteroatoms. The first-order valence-electron chi connectivity index (χ1n) is 10.6. The lowest BCUT2D eigenvalue weighted by Gasteiger charge is -2.15. The van der Waals surface area contributed by atoms with Gasteiger partial charge >= 0.3 is 6.18 Å². The minimum Gasteiger partial charge on any atom is -0.487 e. The maximum atomic E-state index is 13.7. The first-order valence-corrected chi connectivity index (χ1v) is 11.4. The summed E-state index contributed by atoms with van der Waals surface area (Å²) in [6.45, 7) is 1.51. The second-order valence-corrected chi connectivity index (χ2v) is 8.96. The maximum absolute atomic E-state index is 13.7. The van der Waals surface area contributed by atoms with Crippen LogP contribution >= 0.6 is 11.8 Å². The molecule has 0 radical (unpaired) electrons. The number of aryl methyl sites for hydroxylation is 2. The van der Waals surface area contributed by atoms with Gasteiger partial charge < -0.3 is 9.15 Å². The van der Waals surface area contributed by atoms with E-state index >= 15 is 0 Å². The molecule has 1 fully saturated rings. The molecule has 2 heterocycles. The molecule has 1 aromatic heterocycles. The van der Waals surface area contributed by atoms with Crippen LogP contribution in [0.4, 0.5) is 18.0 Å². The number of nitrogens with zero attached hydrogens (tertiary/aromatic N) is 1. The standard InChI is InChI=1S/C24H21F3N2O4S/c1-14-18(28-22(33-14)16-7-3-2-4-8-16)13-32-19-11-10-15(12-17(19)24(25,26)27)6-5-9-20-21(30)29-23(31)34-20/h2-4,7-8,10-12,20H,5-6,9,13H2,1H3,(H,29,30,31). The third-order valence-electron chi connectivity index (χ3n) is 5.33. The number of nitrogens with one attached hydrogen (secondary N) is 1. The molecule has 2 amide bonds. The maximum Gasteiger partial charge on any atom is 0.419 e. The van der Waals surface area contributed by atoms with Gasteiger partial charge in [0.25, 0.3) is 5.24 Å². The average Bonchev–Trinajstić information content (AvgIpc) is 3.33. The predicted molar refractivity (Wildman–Crippen MR) is 120 cm³/mol. The highest BCUT2D eigenvalue weighted by atomic mass is 32.2. The lowest BCUT2D eigenvalue weighted by Crippen LogP contribution is -2.24. The van der Waals surface area contributed by atoms with Crippen molar-refractivity contribution in [2.24, 2.45) is 0 Å². The molecular weight excluding hydrogens is 469 g/mol. The van der Waals surface area contributed by atoms with Crippen LogP contribution in [0.15, 0.2) is 52.9 Å². The average molecular weight is 491 g/mol. The molecule has 1 aliphatic heterocycles. The van der Waals surface area contributed by atoms with E-state index < -0.39 is 22.2 Å². The van der Waals surface area contributed by atoms with Crippen molar-refractivity contribution in [3.8, 4) is 17.2 Å². The molecule has 0 spiro atoms. The van der Waals surface area contributed by atoms with Gasteiger partial charge in [-0.1, -0.05) is 36.0 Å². The van der Waals surface area contributed by atoms with E-state index in [1.165, 1.54) is 6.07 Å². The molecule has 0 aliphatic carbocycles. The summed E-state index contributed by atoms with van der Waals surface area (Å²) in [5.41, 5.74) is 0.768. The number of thioether (sulfide) groups is 1. The van der Waals surface area contributed by atoms with Gasteiger partial charge in [-0.2, -0.15) is 13.2 Å². The van der Waals surface area contributed by atoms with Crippen LogP contribution in [0.5, 0.6) is 5.75 Å². The van der Waals surface area contributed by atoms with Crippen molar-refractivity contribution in [2.45, 2.75) is 44.2 Å². The monoisotopic (exact) mass is 490 g/mol. The van der Waals surface area contributed by atoms with Gasteiger partial charge in [0.2, 0.25) is 11.8 Å². The Morgan fingerprint density at radius 2 is 1.91 bits per heavy atom.